The highest BCUT2D eigenvalue weighted by Gasteiger charge is 2.10. The molecule has 0 bridgehead atoms. The average Bonchev–Trinajstić information content (AvgIpc) is 2.78. The lowest BCUT2D eigenvalue weighted by Crippen LogP contribution is -1.80. The van der Waals surface area contributed by atoms with E-state index in [2.05, 4.69) is 10.2 Å². The summed E-state index contributed by atoms with van der Waals surface area (Å²) in [6.07, 6.45) is 0. The predicted octanol–water partition coefficient (Wildman–Crippen LogP) is 2.95. The Bertz CT molecular complexity index is 601. The number of aromatic nitrogens is 2. The van der Waals surface area contributed by atoms with Crippen molar-refractivity contribution in [3.05, 3.63) is 24.3 Å². The minimum Gasteiger partial charge on any atom is -0.411 e. The number of rotatable bonds is 3. The van der Waals surface area contributed by atoms with Gasteiger partial charge in [-0.15, -0.1) is 10.2 Å². The first kappa shape index (κ1) is 12.7. The van der Waals surface area contributed by atoms with Crippen LogP contribution in [-0.4, -0.2) is 15.3 Å². The second kappa shape index (κ2) is 5.71. The highest BCUT2D eigenvalue weighted by atomic mass is 32.2. The van der Waals surface area contributed by atoms with Gasteiger partial charge in [0, 0.05) is 29.1 Å². The van der Waals surface area contributed by atoms with Crippen molar-refractivity contribution in [3.8, 4) is 16.9 Å². The van der Waals surface area contributed by atoms with Crippen LogP contribution in [0.4, 0.5) is 0 Å². The monoisotopic (exact) mass is 277 g/mol. The van der Waals surface area contributed by atoms with E-state index in [1.807, 2.05) is 5.40 Å². The second-order valence-corrected chi connectivity index (χ2v) is 5.17. The fraction of sp³-hybridized carbons (Fsp3) is 0.0909. The molecule has 1 aromatic carbocycles. The fourth-order valence-electron chi connectivity index (χ4n) is 1.21. The van der Waals surface area contributed by atoms with Gasteiger partial charge in [-0.25, -0.2) is 0 Å². The minimum absolute atomic E-state index is 0.106. The van der Waals surface area contributed by atoms with Crippen LogP contribution in [0.2, 0.25) is 0 Å². The quantitative estimate of drug-likeness (QED) is 0.630. The first-order chi connectivity index (χ1) is 8.69. The summed E-state index contributed by atoms with van der Waals surface area (Å²) >= 11 is 1.98. The van der Waals surface area contributed by atoms with Crippen molar-refractivity contribution in [1.82, 2.24) is 10.2 Å². The molecule has 1 heterocycles. The molecule has 0 aliphatic carbocycles. The summed E-state index contributed by atoms with van der Waals surface area (Å²) in [6, 6.07) is 7.17. The molecule has 0 unspecified atom stereocenters. The van der Waals surface area contributed by atoms with Gasteiger partial charge >= 0.3 is 0 Å². The number of hydrogen-bond donors (Lipinski definition) is 0. The lowest BCUT2D eigenvalue weighted by Gasteiger charge is -1.95. The minimum atomic E-state index is -0.106. The number of thioether (sulfide) groups is 2. The number of hydrogen-bond acceptors (Lipinski definition) is 7. The van der Waals surface area contributed by atoms with Gasteiger partial charge in [0.2, 0.25) is 5.89 Å². The number of nitriles is 1. The smallest absolute Gasteiger partial charge is 0.284 e. The predicted molar refractivity (Wildman–Crippen MR) is 67.7 cm³/mol. The largest absolute Gasteiger partial charge is 0.411 e. The Hall–Kier alpha value is -1.78. The van der Waals surface area contributed by atoms with Gasteiger partial charge in [0.05, 0.1) is 0 Å². The molecule has 18 heavy (non-hydrogen) atoms. The zero-order valence-electron chi connectivity index (χ0n) is 9.28. The summed E-state index contributed by atoms with van der Waals surface area (Å²) in [4.78, 5) is 11.7. The molecule has 0 fully saturated rings. The number of nitrogens with zero attached hydrogens (tertiary/aromatic N) is 3. The van der Waals surface area contributed by atoms with Crippen molar-refractivity contribution in [2.45, 2.75) is 17.0 Å². The van der Waals surface area contributed by atoms with E-state index in [1.165, 1.54) is 6.92 Å². The van der Waals surface area contributed by atoms with Gasteiger partial charge in [-0.2, -0.15) is 5.26 Å². The molecule has 0 N–H and O–H groups in total. The van der Waals surface area contributed by atoms with Crippen molar-refractivity contribution < 1.29 is 9.21 Å². The van der Waals surface area contributed by atoms with Crippen LogP contribution in [0, 0.1) is 10.7 Å². The number of carbonyl (C=O) groups excluding carboxylic acids is 1. The molecule has 0 saturated carbocycles. The molecule has 0 aliphatic rings. The molecule has 7 heteroatoms. The summed E-state index contributed by atoms with van der Waals surface area (Å²) in [6.45, 7) is 1.43. The van der Waals surface area contributed by atoms with Crippen molar-refractivity contribution >= 4 is 28.6 Å². The van der Waals surface area contributed by atoms with E-state index in [-0.39, 0.29) is 10.3 Å². The standard InChI is InChI=1S/C11H7N3O2S2/c1-7(15)18-11-14-13-10(16-11)8-2-4-9(5-3-8)17-6-12/h2-5H,1H3. The molecule has 5 nitrogen and oxygen atoms in total. The van der Waals surface area contributed by atoms with Crippen LogP contribution in [0.5, 0.6) is 0 Å². The highest BCUT2D eigenvalue weighted by molar-refractivity contribution is 8.13. The zero-order chi connectivity index (χ0) is 13.0. The first-order valence-electron chi connectivity index (χ1n) is 4.87. The Balaban J connectivity index is 2.18. The lowest BCUT2D eigenvalue weighted by molar-refractivity contribution is -0.109. The summed E-state index contributed by atoms with van der Waals surface area (Å²) in [5.41, 5.74) is 0.750. The van der Waals surface area contributed by atoms with Crippen molar-refractivity contribution in [3.63, 3.8) is 0 Å². The summed E-state index contributed by atoms with van der Waals surface area (Å²) in [7, 11) is 0. The molecule has 2 aromatic rings. The molecule has 0 amide bonds. The summed E-state index contributed by atoms with van der Waals surface area (Å²) in [5.74, 6) is 0.354. The average molecular weight is 277 g/mol. The van der Waals surface area contributed by atoms with E-state index in [0.29, 0.717) is 5.89 Å². The fourth-order valence-corrected chi connectivity index (χ4v) is 2.03. The maximum absolute atomic E-state index is 10.9. The molecular formula is C11H7N3O2S2. The molecule has 90 valence electrons. The van der Waals surface area contributed by atoms with E-state index >= 15 is 0 Å². The van der Waals surface area contributed by atoms with Gasteiger partial charge in [-0.1, -0.05) is 0 Å². The number of thiocyanates is 1. The van der Waals surface area contributed by atoms with Gasteiger partial charge < -0.3 is 4.42 Å². The third-order valence-corrected chi connectivity index (χ3v) is 3.13. The van der Waals surface area contributed by atoms with E-state index in [4.69, 9.17) is 9.68 Å². The molecule has 0 aliphatic heterocycles. The molecule has 0 atom stereocenters. The lowest BCUT2D eigenvalue weighted by atomic mass is 10.2. The Morgan fingerprint density at radius 2 is 2.06 bits per heavy atom. The number of benzene rings is 1. The summed E-state index contributed by atoms with van der Waals surface area (Å²) < 4.78 is 5.33. The van der Waals surface area contributed by atoms with E-state index in [0.717, 1.165) is 34.0 Å². The van der Waals surface area contributed by atoms with Gasteiger partial charge in [-0.05, 0) is 36.0 Å². The van der Waals surface area contributed by atoms with Crippen LogP contribution in [-0.2, 0) is 4.79 Å². The Labute approximate surface area is 112 Å². The Morgan fingerprint density at radius 1 is 1.33 bits per heavy atom. The third-order valence-electron chi connectivity index (χ3n) is 1.90. The molecule has 2 rings (SSSR count). The van der Waals surface area contributed by atoms with Gasteiger partial charge in [-0.3, -0.25) is 4.79 Å². The maximum Gasteiger partial charge on any atom is 0.284 e. The van der Waals surface area contributed by atoms with Crippen LogP contribution in [0.1, 0.15) is 6.92 Å². The maximum atomic E-state index is 10.9. The molecule has 1 aromatic heterocycles. The topological polar surface area (TPSA) is 79.8 Å². The van der Waals surface area contributed by atoms with Crippen molar-refractivity contribution in [2.24, 2.45) is 0 Å². The molecule has 0 saturated heterocycles. The molecule has 0 spiro atoms. The van der Waals surface area contributed by atoms with Gasteiger partial charge in [0.1, 0.15) is 5.40 Å². The number of carbonyl (C=O) groups is 1. The SMILES string of the molecule is CC(=O)Sc1nnc(-c2ccc(SC#N)cc2)o1. The third kappa shape index (κ3) is 3.12. The highest BCUT2D eigenvalue weighted by Crippen LogP contribution is 2.25. The normalized spacial score (nSPS) is 10.0. The zero-order valence-corrected chi connectivity index (χ0v) is 10.9. The first-order valence-corrected chi connectivity index (χ1v) is 6.50. The Morgan fingerprint density at radius 3 is 2.67 bits per heavy atom. The van der Waals surface area contributed by atoms with Crippen LogP contribution in [0.3, 0.4) is 0 Å². The van der Waals surface area contributed by atoms with Crippen molar-refractivity contribution in [1.29, 1.82) is 5.26 Å². The van der Waals surface area contributed by atoms with Crippen molar-refractivity contribution in [2.75, 3.05) is 0 Å². The summed E-state index contributed by atoms with van der Waals surface area (Å²) in [5, 5.41) is 18.3. The van der Waals surface area contributed by atoms with Crippen LogP contribution in [0.15, 0.2) is 38.8 Å². The van der Waals surface area contributed by atoms with E-state index in [9.17, 15) is 4.79 Å². The van der Waals surface area contributed by atoms with Crippen LogP contribution in [0.25, 0.3) is 11.5 Å². The van der Waals surface area contributed by atoms with E-state index < -0.39 is 0 Å². The van der Waals surface area contributed by atoms with Gasteiger partial charge in [0.15, 0.2) is 5.12 Å². The molecular weight excluding hydrogens is 270 g/mol. The van der Waals surface area contributed by atoms with E-state index in [1.54, 1.807) is 24.3 Å². The van der Waals surface area contributed by atoms with Crippen LogP contribution < -0.4 is 0 Å². The Kier molecular flexibility index (Phi) is 4.02. The second-order valence-electron chi connectivity index (χ2n) is 3.18. The molecule has 0 radical (unpaired) electrons. The van der Waals surface area contributed by atoms with Gasteiger partial charge in [0.25, 0.3) is 5.22 Å². The van der Waals surface area contributed by atoms with Crippen LogP contribution >= 0.6 is 23.5 Å².